The summed E-state index contributed by atoms with van der Waals surface area (Å²) in [5, 5.41) is 2.95. The molecule has 1 N–H and O–H groups in total. The molecule has 0 spiro atoms. The largest absolute Gasteiger partial charge is 0.401 e. The summed E-state index contributed by atoms with van der Waals surface area (Å²) in [5.41, 5.74) is 0. The van der Waals surface area contributed by atoms with Crippen LogP contribution in [0.25, 0.3) is 0 Å². The molecule has 0 aromatic heterocycles. The number of hydrogen-bond donors (Lipinski definition) is 1. The minimum atomic E-state index is -4.07. The van der Waals surface area contributed by atoms with Crippen LogP contribution in [0.5, 0.6) is 0 Å². The maximum absolute atomic E-state index is 12.2. The van der Waals surface area contributed by atoms with Crippen LogP contribution in [0.4, 0.5) is 13.2 Å². The van der Waals surface area contributed by atoms with Crippen LogP contribution in [0.15, 0.2) is 0 Å². The maximum atomic E-state index is 12.2. The van der Waals surface area contributed by atoms with Crippen molar-refractivity contribution < 1.29 is 13.2 Å². The van der Waals surface area contributed by atoms with Gasteiger partial charge in [0.25, 0.3) is 0 Å². The SMILES string of the molecule is CNC(C)CN(CC(F)(F)F)C1CC1. The van der Waals surface area contributed by atoms with E-state index in [4.69, 9.17) is 0 Å². The van der Waals surface area contributed by atoms with Gasteiger partial charge in [-0.15, -0.1) is 0 Å². The highest BCUT2D eigenvalue weighted by Crippen LogP contribution is 2.29. The van der Waals surface area contributed by atoms with E-state index in [1.165, 1.54) is 4.90 Å². The second kappa shape index (κ2) is 4.49. The standard InChI is InChI=1S/C9H17F3N2/c1-7(13-2)5-14(8-3-4-8)6-9(10,11)12/h7-8,13H,3-6H2,1-2H3. The summed E-state index contributed by atoms with van der Waals surface area (Å²) < 4.78 is 36.6. The molecule has 0 radical (unpaired) electrons. The fourth-order valence-corrected chi connectivity index (χ4v) is 1.46. The lowest BCUT2D eigenvalue weighted by molar-refractivity contribution is -0.147. The van der Waals surface area contributed by atoms with Crippen molar-refractivity contribution in [1.82, 2.24) is 10.2 Å². The molecule has 0 aromatic carbocycles. The highest BCUT2D eigenvalue weighted by atomic mass is 19.4. The Labute approximate surface area is 82.5 Å². The molecule has 0 aliphatic heterocycles. The number of halogens is 3. The zero-order chi connectivity index (χ0) is 10.8. The Morgan fingerprint density at radius 2 is 2.00 bits per heavy atom. The first kappa shape index (κ1) is 11.8. The predicted octanol–water partition coefficient (Wildman–Crippen LogP) is 1.62. The molecule has 1 saturated carbocycles. The van der Waals surface area contributed by atoms with Crippen molar-refractivity contribution in [2.45, 2.75) is 38.0 Å². The summed E-state index contributed by atoms with van der Waals surface area (Å²) in [7, 11) is 1.77. The molecule has 0 heterocycles. The molecular formula is C9H17F3N2. The van der Waals surface area contributed by atoms with Crippen molar-refractivity contribution in [3.63, 3.8) is 0 Å². The molecule has 0 aromatic rings. The van der Waals surface area contributed by atoms with Gasteiger partial charge in [0.1, 0.15) is 0 Å². The van der Waals surface area contributed by atoms with Crippen LogP contribution in [0.1, 0.15) is 19.8 Å². The number of alkyl halides is 3. The molecule has 0 amide bonds. The number of rotatable bonds is 5. The van der Waals surface area contributed by atoms with Crippen molar-refractivity contribution in [2.75, 3.05) is 20.1 Å². The van der Waals surface area contributed by atoms with Crippen LogP contribution in [-0.4, -0.2) is 43.3 Å². The third-order valence-corrected chi connectivity index (χ3v) is 2.45. The summed E-state index contributed by atoms with van der Waals surface area (Å²) in [5.74, 6) is 0. The van der Waals surface area contributed by atoms with Gasteiger partial charge in [-0.05, 0) is 26.8 Å². The van der Waals surface area contributed by atoms with E-state index in [1.54, 1.807) is 7.05 Å². The van der Waals surface area contributed by atoms with Crippen LogP contribution in [0.3, 0.4) is 0 Å². The maximum Gasteiger partial charge on any atom is 0.401 e. The van der Waals surface area contributed by atoms with E-state index in [9.17, 15) is 13.2 Å². The fraction of sp³-hybridized carbons (Fsp3) is 1.00. The Bertz CT molecular complexity index is 177. The molecule has 1 aliphatic rings. The molecule has 2 nitrogen and oxygen atoms in total. The normalized spacial score (nSPS) is 20.1. The smallest absolute Gasteiger partial charge is 0.316 e. The van der Waals surface area contributed by atoms with Gasteiger partial charge < -0.3 is 5.32 Å². The molecule has 1 unspecified atom stereocenters. The Hall–Kier alpha value is -0.290. The van der Waals surface area contributed by atoms with Crippen molar-refractivity contribution in [1.29, 1.82) is 0 Å². The van der Waals surface area contributed by atoms with Crippen molar-refractivity contribution in [2.24, 2.45) is 0 Å². The number of nitrogens with zero attached hydrogens (tertiary/aromatic N) is 1. The minimum Gasteiger partial charge on any atom is -0.316 e. The average molecular weight is 210 g/mol. The lowest BCUT2D eigenvalue weighted by Crippen LogP contribution is -2.43. The van der Waals surface area contributed by atoms with E-state index in [-0.39, 0.29) is 12.1 Å². The highest BCUT2D eigenvalue weighted by molar-refractivity contribution is 4.87. The lowest BCUT2D eigenvalue weighted by atomic mass is 10.3. The summed E-state index contributed by atoms with van der Waals surface area (Å²) in [4.78, 5) is 1.53. The number of likely N-dealkylation sites (N-methyl/N-ethyl adjacent to an activating group) is 1. The third-order valence-electron chi connectivity index (χ3n) is 2.45. The van der Waals surface area contributed by atoms with Crippen LogP contribution in [-0.2, 0) is 0 Å². The van der Waals surface area contributed by atoms with E-state index in [0.717, 1.165) is 12.8 Å². The topological polar surface area (TPSA) is 15.3 Å². The summed E-state index contributed by atoms with van der Waals surface area (Å²) in [6.45, 7) is 1.59. The second-order valence-electron chi connectivity index (χ2n) is 3.97. The van der Waals surface area contributed by atoms with E-state index >= 15 is 0 Å². The van der Waals surface area contributed by atoms with Gasteiger partial charge in [-0.3, -0.25) is 4.90 Å². The average Bonchev–Trinajstić information content (AvgIpc) is 2.82. The third kappa shape index (κ3) is 4.28. The van der Waals surface area contributed by atoms with Gasteiger partial charge in [-0.1, -0.05) is 0 Å². The molecule has 1 fully saturated rings. The number of hydrogen-bond acceptors (Lipinski definition) is 2. The van der Waals surface area contributed by atoms with Gasteiger partial charge in [0, 0.05) is 18.6 Å². The Morgan fingerprint density at radius 3 is 2.36 bits per heavy atom. The van der Waals surface area contributed by atoms with Crippen molar-refractivity contribution in [3.8, 4) is 0 Å². The van der Waals surface area contributed by atoms with E-state index in [0.29, 0.717) is 6.54 Å². The monoisotopic (exact) mass is 210 g/mol. The molecule has 1 rings (SSSR count). The summed E-state index contributed by atoms with van der Waals surface area (Å²) in [6.07, 6.45) is -2.25. The highest BCUT2D eigenvalue weighted by Gasteiger charge is 2.38. The van der Waals surface area contributed by atoms with E-state index < -0.39 is 12.7 Å². The minimum absolute atomic E-state index is 0.109. The van der Waals surface area contributed by atoms with E-state index in [2.05, 4.69) is 5.32 Å². The van der Waals surface area contributed by atoms with E-state index in [1.807, 2.05) is 6.92 Å². The number of nitrogens with one attached hydrogen (secondary N) is 1. The zero-order valence-corrected chi connectivity index (χ0v) is 8.56. The first-order valence-electron chi connectivity index (χ1n) is 4.90. The van der Waals surface area contributed by atoms with Gasteiger partial charge in [-0.2, -0.15) is 13.2 Å². The van der Waals surface area contributed by atoms with Crippen LogP contribution in [0, 0.1) is 0 Å². The van der Waals surface area contributed by atoms with Crippen molar-refractivity contribution >= 4 is 0 Å². The second-order valence-corrected chi connectivity index (χ2v) is 3.97. The Balaban J connectivity index is 2.39. The zero-order valence-electron chi connectivity index (χ0n) is 8.56. The predicted molar refractivity (Wildman–Crippen MR) is 49.2 cm³/mol. The van der Waals surface area contributed by atoms with Crippen LogP contribution in [0.2, 0.25) is 0 Å². The van der Waals surface area contributed by atoms with Gasteiger partial charge >= 0.3 is 6.18 Å². The molecule has 1 aliphatic carbocycles. The molecule has 84 valence electrons. The molecule has 0 saturated heterocycles. The molecular weight excluding hydrogens is 193 g/mol. The fourth-order valence-electron chi connectivity index (χ4n) is 1.46. The first-order chi connectivity index (χ1) is 6.42. The van der Waals surface area contributed by atoms with Gasteiger partial charge in [-0.25, -0.2) is 0 Å². The molecule has 14 heavy (non-hydrogen) atoms. The van der Waals surface area contributed by atoms with Crippen LogP contribution >= 0.6 is 0 Å². The van der Waals surface area contributed by atoms with Crippen molar-refractivity contribution in [3.05, 3.63) is 0 Å². The van der Waals surface area contributed by atoms with Gasteiger partial charge in [0.2, 0.25) is 0 Å². The van der Waals surface area contributed by atoms with Gasteiger partial charge in [0.15, 0.2) is 0 Å². The first-order valence-corrected chi connectivity index (χ1v) is 4.90. The molecule has 0 bridgehead atoms. The molecule has 1 atom stereocenters. The van der Waals surface area contributed by atoms with Gasteiger partial charge in [0.05, 0.1) is 6.54 Å². The Morgan fingerprint density at radius 1 is 1.43 bits per heavy atom. The Kier molecular flexibility index (Phi) is 3.78. The summed E-state index contributed by atoms with van der Waals surface area (Å²) >= 11 is 0. The quantitative estimate of drug-likeness (QED) is 0.741. The molecule has 5 heteroatoms. The van der Waals surface area contributed by atoms with Crippen LogP contribution < -0.4 is 5.32 Å². The lowest BCUT2D eigenvalue weighted by Gasteiger charge is -2.26. The summed E-state index contributed by atoms with van der Waals surface area (Å²) in [6, 6.07) is 0.269.